The van der Waals surface area contributed by atoms with Crippen molar-refractivity contribution in [1.82, 2.24) is 0 Å². The summed E-state index contributed by atoms with van der Waals surface area (Å²) >= 11 is 0. The molecule has 5 heteroatoms. The molecule has 3 fully saturated rings. The van der Waals surface area contributed by atoms with Crippen molar-refractivity contribution in [2.45, 2.75) is 69.5 Å². The first-order valence-corrected chi connectivity index (χ1v) is 9.93. The Kier molecular flexibility index (Phi) is 4.73. The number of fused-ring (bicyclic) bond motifs is 5. The summed E-state index contributed by atoms with van der Waals surface area (Å²) in [6, 6.07) is 20.3. The highest BCUT2D eigenvalue weighted by Crippen LogP contribution is 2.48. The fourth-order valence-electron chi connectivity index (χ4n) is 4.48. The number of benzene rings is 2. The molecule has 5 nitrogen and oxygen atoms in total. The average molecular weight is 382 g/mol. The molecule has 3 aliphatic heterocycles. The van der Waals surface area contributed by atoms with E-state index in [9.17, 15) is 0 Å². The molecular weight excluding hydrogens is 356 g/mol. The van der Waals surface area contributed by atoms with Crippen LogP contribution in [0.1, 0.15) is 25.0 Å². The second kappa shape index (κ2) is 7.25. The molecule has 2 aromatic carbocycles. The summed E-state index contributed by atoms with van der Waals surface area (Å²) in [6.45, 7) is 4.94. The molecule has 3 aliphatic rings. The van der Waals surface area contributed by atoms with E-state index in [2.05, 4.69) is 24.3 Å². The number of rotatable bonds is 6. The van der Waals surface area contributed by atoms with Crippen LogP contribution in [0.15, 0.2) is 60.7 Å². The Hall–Kier alpha value is -1.76. The lowest BCUT2D eigenvalue weighted by Gasteiger charge is -2.33. The molecule has 0 aliphatic carbocycles. The Morgan fingerprint density at radius 3 is 1.54 bits per heavy atom. The molecule has 0 amide bonds. The van der Waals surface area contributed by atoms with Gasteiger partial charge >= 0.3 is 0 Å². The molecule has 0 radical (unpaired) electrons. The molecule has 148 valence electrons. The van der Waals surface area contributed by atoms with E-state index in [0.717, 1.165) is 11.1 Å². The van der Waals surface area contributed by atoms with E-state index in [4.69, 9.17) is 23.7 Å². The van der Waals surface area contributed by atoms with Crippen molar-refractivity contribution in [1.29, 1.82) is 0 Å². The normalized spacial score (nSPS) is 35.2. The minimum Gasteiger partial charge on any atom is -0.368 e. The molecule has 0 spiro atoms. The predicted octanol–water partition coefficient (Wildman–Crippen LogP) is 3.46. The van der Waals surface area contributed by atoms with E-state index in [0.29, 0.717) is 13.2 Å². The second-order valence-electron chi connectivity index (χ2n) is 8.15. The van der Waals surface area contributed by atoms with Crippen molar-refractivity contribution in [3.05, 3.63) is 71.8 Å². The molecule has 0 unspecified atom stereocenters. The summed E-state index contributed by atoms with van der Waals surface area (Å²) in [7, 11) is 0. The van der Waals surface area contributed by atoms with E-state index in [-0.39, 0.29) is 36.6 Å². The first-order valence-electron chi connectivity index (χ1n) is 9.93. The number of hydrogen-bond acceptors (Lipinski definition) is 5. The lowest BCUT2D eigenvalue weighted by Crippen LogP contribution is -2.53. The van der Waals surface area contributed by atoms with Crippen LogP contribution in [0.4, 0.5) is 0 Å². The molecule has 5 rings (SSSR count). The predicted molar refractivity (Wildman–Crippen MR) is 103 cm³/mol. The smallest absolute Gasteiger partial charge is 0.164 e. The van der Waals surface area contributed by atoms with Gasteiger partial charge in [0.1, 0.15) is 36.6 Å². The monoisotopic (exact) mass is 382 g/mol. The molecule has 3 heterocycles. The van der Waals surface area contributed by atoms with Crippen LogP contribution in [0.25, 0.3) is 0 Å². The maximum Gasteiger partial charge on any atom is 0.164 e. The van der Waals surface area contributed by atoms with Crippen LogP contribution in [-0.4, -0.2) is 42.4 Å². The SMILES string of the molecule is CC1(C)O[C@@H]2[C@@H]3O[C@@H]([C@@H](OCc4ccccc4)[C@@H]3OCc3ccccc3)[C@@H]2O1. The minimum atomic E-state index is -0.603. The van der Waals surface area contributed by atoms with Gasteiger partial charge in [0, 0.05) is 0 Å². The van der Waals surface area contributed by atoms with E-state index in [1.54, 1.807) is 0 Å². The molecule has 0 N–H and O–H groups in total. The van der Waals surface area contributed by atoms with Crippen LogP contribution in [0, 0.1) is 0 Å². The average Bonchev–Trinajstić information content (AvgIpc) is 3.33. The van der Waals surface area contributed by atoms with E-state index < -0.39 is 5.79 Å². The van der Waals surface area contributed by atoms with Crippen LogP contribution < -0.4 is 0 Å². The van der Waals surface area contributed by atoms with Crippen LogP contribution >= 0.6 is 0 Å². The lowest BCUT2D eigenvalue weighted by molar-refractivity contribution is -0.182. The van der Waals surface area contributed by atoms with Gasteiger partial charge in [0.25, 0.3) is 0 Å². The fraction of sp³-hybridized carbons (Fsp3) is 0.478. The van der Waals surface area contributed by atoms with Gasteiger partial charge in [-0.05, 0) is 25.0 Å². The van der Waals surface area contributed by atoms with E-state index in [1.165, 1.54) is 0 Å². The van der Waals surface area contributed by atoms with Crippen molar-refractivity contribution in [2.75, 3.05) is 0 Å². The van der Waals surface area contributed by atoms with Gasteiger partial charge in [0.05, 0.1) is 13.2 Å². The summed E-state index contributed by atoms with van der Waals surface area (Å²) in [4.78, 5) is 0. The highest BCUT2D eigenvalue weighted by Gasteiger charge is 2.66. The van der Waals surface area contributed by atoms with Gasteiger partial charge in [0.15, 0.2) is 5.79 Å². The molecule has 2 bridgehead atoms. The van der Waals surface area contributed by atoms with Crippen LogP contribution in [0.2, 0.25) is 0 Å². The second-order valence-corrected chi connectivity index (χ2v) is 8.15. The Morgan fingerprint density at radius 2 is 1.11 bits per heavy atom. The summed E-state index contributed by atoms with van der Waals surface area (Å²) in [5.74, 6) is -0.603. The van der Waals surface area contributed by atoms with Crippen LogP contribution in [0.3, 0.4) is 0 Å². The van der Waals surface area contributed by atoms with Crippen molar-refractivity contribution < 1.29 is 23.7 Å². The highest BCUT2D eigenvalue weighted by atomic mass is 16.8. The molecule has 28 heavy (non-hydrogen) atoms. The van der Waals surface area contributed by atoms with Crippen LogP contribution in [0.5, 0.6) is 0 Å². The third-order valence-electron chi connectivity index (χ3n) is 5.67. The van der Waals surface area contributed by atoms with Gasteiger partial charge in [-0.15, -0.1) is 0 Å². The van der Waals surface area contributed by atoms with Crippen molar-refractivity contribution in [2.24, 2.45) is 0 Å². The Balaban J connectivity index is 1.33. The Bertz CT molecular complexity index is 728. The minimum absolute atomic E-state index is 0.114. The highest BCUT2D eigenvalue weighted by molar-refractivity contribution is 5.17. The van der Waals surface area contributed by atoms with E-state index in [1.807, 2.05) is 50.2 Å². The molecular formula is C23H26O5. The first kappa shape index (κ1) is 18.3. The zero-order valence-electron chi connectivity index (χ0n) is 16.2. The van der Waals surface area contributed by atoms with Gasteiger partial charge in [-0.1, -0.05) is 60.7 Å². The number of ether oxygens (including phenoxy) is 5. The van der Waals surface area contributed by atoms with Crippen molar-refractivity contribution in [3.63, 3.8) is 0 Å². The van der Waals surface area contributed by atoms with Gasteiger partial charge in [-0.25, -0.2) is 0 Å². The van der Waals surface area contributed by atoms with E-state index >= 15 is 0 Å². The largest absolute Gasteiger partial charge is 0.368 e. The van der Waals surface area contributed by atoms with Gasteiger partial charge in [-0.2, -0.15) is 0 Å². The number of hydrogen-bond donors (Lipinski definition) is 0. The quantitative estimate of drug-likeness (QED) is 0.766. The van der Waals surface area contributed by atoms with Gasteiger partial charge in [0.2, 0.25) is 0 Å². The zero-order valence-corrected chi connectivity index (χ0v) is 16.2. The third kappa shape index (κ3) is 3.38. The molecule has 2 aromatic rings. The van der Waals surface area contributed by atoms with Gasteiger partial charge < -0.3 is 23.7 Å². The Morgan fingerprint density at radius 1 is 0.679 bits per heavy atom. The summed E-state index contributed by atoms with van der Waals surface area (Å²) < 4.78 is 31.1. The zero-order chi connectivity index (χ0) is 19.1. The van der Waals surface area contributed by atoms with Crippen molar-refractivity contribution in [3.8, 4) is 0 Å². The lowest BCUT2D eigenvalue weighted by atomic mass is 9.89. The summed E-state index contributed by atoms with van der Waals surface area (Å²) in [5.41, 5.74) is 2.26. The van der Waals surface area contributed by atoms with Crippen LogP contribution in [-0.2, 0) is 36.9 Å². The third-order valence-corrected chi connectivity index (χ3v) is 5.67. The molecule has 6 atom stereocenters. The topological polar surface area (TPSA) is 46.2 Å². The van der Waals surface area contributed by atoms with Gasteiger partial charge in [-0.3, -0.25) is 0 Å². The Labute approximate surface area is 165 Å². The molecule has 3 saturated heterocycles. The maximum atomic E-state index is 6.31. The summed E-state index contributed by atoms with van der Waals surface area (Å²) in [5, 5.41) is 0. The van der Waals surface area contributed by atoms with Crippen molar-refractivity contribution >= 4 is 0 Å². The first-order chi connectivity index (χ1) is 13.6. The molecule has 0 saturated carbocycles. The fourth-order valence-corrected chi connectivity index (χ4v) is 4.48. The summed E-state index contributed by atoms with van der Waals surface area (Å²) in [6.07, 6.45) is -0.961. The standard InChI is InChI=1S/C23H26O5/c1-23(2)27-21-19-17(24-13-15-9-5-3-6-10-15)18(20(26-19)22(21)28-23)25-14-16-11-7-4-8-12-16/h3-12,17-22H,13-14H2,1-2H3/t17-,18-,19-,20+,21-,22+/m0/s1. The maximum absolute atomic E-state index is 6.31. The molecule has 0 aromatic heterocycles.